The van der Waals surface area contributed by atoms with E-state index in [1.54, 1.807) is 23.3 Å². The van der Waals surface area contributed by atoms with Gasteiger partial charge in [-0.25, -0.2) is 0 Å². The minimum absolute atomic E-state index is 0.0721. The highest BCUT2D eigenvalue weighted by Gasteiger charge is 2.26. The van der Waals surface area contributed by atoms with Gasteiger partial charge >= 0.3 is 0 Å². The summed E-state index contributed by atoms with van der Waals surface area (Å²) in [6, 6.07) is 13.4. The Morgan fingerprint density at radius 3 is 2.55 bits per heavy atom. The molecule has 0 saturated heterocycles. The van der Waals surface area contributed by atoms with Crippen LogP contribution in [0.4, 0.5) is 0 Å². The van der Waals surface area contributed by atoms with E-state index in [9.17, 15) is 4.79 Å². The minimum atomic E-state index is -0.559. The van der Waals surface area contributed by atoms with E-state index in [1.807, 2.05) is 47.8 Å². The molecule has 0 aliphatic heterocycles. The molecule has 2 rings (SSSR count). The molecule has 0 fully saturated rings. The van der Waals surface area contributed by atoms with Crippen LogP contribution < -0.4 is 5.73 Å². The first kappa shape index (κ1) is 14.7. The van der Waals surface area contributed by atoms with Crippen LogP contribution in [0.2, 0.25) is 0 Å². The van der Waals surface area contributed by atoms with Gasteiger partial charge in [0.15, 0.2) is 0 Å². The highest BCUT2D eigenvalue weighted by Crippen LogP contribution is 2.20. The summed E-state index contributed by atoms with van der Waals surface area (Å²) >= 11 is 6.70. The van der Waals surface area contributed by atoms with Crippen molar-refractivity contribution in [1.82, 2.24) is 4.90 Å². The molecule has 1 heterocycles. The summed E-state index contributed by atoms with van der Waals surface area (Å²) in [6.45, 7) is 0.572. The van der Waals surface area contributed by atoms with Crippen LogP contribution in [-0.4, -0.2) is 22.8 Å². The third kappa shape index (κ3) is 3.43. The SMILES string of the molecule is CN(Cc1cccs1)C(=O)C(C(N)=S)c1ccccc1. The van der Waals surface area contributed by atoms with E-state index in [-0.39, 0.29) is 10.9 Å². The number of hydrogen-bond donors (Lipinski definition) is 1. The van der Waals surface area contributed by atoms with Crippen LogP contribution in [0.1, 0.15) is 16.4 Å². The Morgan fingerprint density at radius 1 is 1.30 bits per heavy atom. The van der Waals surface area contributed by atoms with Crippen LogP contribution >= 0.6 is 23.6 Å². The fourth-order valence-corrected chi connectivity index (χ4v) is 3.00. The van der Waals surface area contributed by atoms with E-state index >= 15 is 0 Å². The number of hydrogen-bond acceptors (Lipinski definition) is 3. The lowest BCUT2D eigenvalue weighted by Gasteiger charge is -2.23. The summed E-state index contributed by atoms with van der Waals surface area (Å²) in [5.74, 6) is -0.631. The number of benzene rings is 1. The number of likely N-dealkylation sites (N-methyl/N-ethyl adjacent to an activating group) is 1. The summed E-state index contributed by atoms with van der Waals surface area (Å²) in [5, 5.41) is 2.00. The molecule has 2 N–H and O–H groups in total. The first-order valence-electron chi connectivity index (χ1n) is 6.21. The van der Waals surface area contributed by atoms with Crippen LogP contribution in [0.5, 0.6) is 0 Å². The molecule has 0 saturated carbocycles. The second kappa shape index (κ2) is 6.63. The molecule has 0 bridgehead atoms. The number of carbonyl (C=O) groups is 1. The Labute approximate surface area is 128 Å². The molecular weight excluding hydrogens is 288 g/mol. The predicted octanol–water partition coefficient (Wildman–Crippen LogP) is 2.78. The van der Waals surface area contributed by atoms with Crippen molar-refractivity contribution in [3.8, 4) is 0 Å². The Bertz CT molecular complexity index is 581. The number of thiocarbonyl (C=S) groups is 1. The average molecular weight is 304 g/mol. The molecule has 0 spiro atoms. The average Bonchev–Trinajstić information content (AvgIpc) is 2.92. The number of thiophene rings is 1. The first-order valence-corrected chi connectivity index (χ1v) is 7.50. The Balaban J connectivity index is 2.17. The standard InChI is InChI=1S/C15H16N2OS2/c1-17(10-12-8-5-9-20-12)15(18)13(14(16)19)11-6-3-2-4-7-11/h2-9,13H,10H2,1H3,(H2,16,19). The monoisotopic (exact) mass is 304 g/mol. The molecule has 1 aromatic heterocycles. The summed E-state index contributed by atoms with van der Waals surface area (Å²) in [7, 11) is 1.77. The molecule has 1 amide bonds. The Morgan fingerprint density at radius 2 is 2.00 bits per heavy atom. The van der Waals surface area contributed by atoms with Gasteiger partial charge in [-0.3, -0.25) is 4.79 Å². The van der Waals surface area contributed by atoms with Gasteiger partial charge in [0.2, 0.25) is 5.91 Å². The van der Waals surface area contributed by atoms with E-state index in [1.165, 1.54) is 0 Å². The Kier molecular flexibility index (Phi) is 4.87. The lowest BCUT2D eigenvalue weighted by Crippen LogP contribution is -2.37. The van der Waals surface area contributed by atoms with Crippen LogP contribution in [-0.2, 0) is 11.3 Å². The van der Waals surface area contributed by atoms with Crippen molar-refractivity contribution in [1.29, 1.82) is 0 Å². The van der Waals surface area contributed by atoms with Gasteiger partial charge in [-0.15, -0.1) is 11.3 Å². The molecule has 0 aliphatic rings. The highest BCUT2D eigenvalue weighted by atomic mass is 32.1. The predicted molar refractivity (Wildman–Crippen MR) is 86.8 cm³/mol. The zero-order chi connectivity index (χ0) is 14.5. The van der Waals surface area contributed by atoms with Gasteiger partial charge in [-0.1, -0.05) is 48.6 Å². The van der Waals surface area contributed by atoms with Crippen LogP contribution in [0.15, 0.2) is 47.8 Å². The van der Waals surface area contributed by atoms with Gasteiger partial charge in [0, 0.05) is 11.9 Å². The Hall–Kier alpha value is -1.72. The quantitative estimate of drug-likeness (QED) is 0.864. The zero-order valence-corrected chi connectivity index (χ0v) is 12.8. The van der Waals surface area contributed by atoms with E-state index in [0.717, 1.165) is 10.4 Å². The number of rotatable bonds is 5. The molecule has 20 heavy (non-hydrogen) atoms. The lowest BCUT2D eigenvalue weighted by molar-refractivity contribution is -0.130. The summed E-state index contributed by atoms with van der Waals surface area (Å²) in [4.78, 5) is 15.6. The van der Waals surface area contributed by atoms with E-state index < -0.39 is 5.92 Å². The third-order valence-corrected chi connectivity index (χ3v) is 4.11. The molecule has 104 valence electrons. The fourth-order valence-electron chi connectivity index (χ4n) is 2.01. The molecule has 0 radical (unpaired) electrons. The lowest BCUT2D eigenvalue weighted by atomic mass is 9.97. The van der Waals surface area contributed by atoms with Gasteiger partial charge in [0.25, 0.3) is 0 Å². The summed E-state index contributed by atoms with van der Waals surface area (Å²) < 4.78 is 0. The number of amides is 1. The van der Waals surface area contributed by atoms with Gasteiger partial charge in [-0.2, -0.15) is 0 Å². The van der Waals surface area contributed by atoms with Crippen molar-refractivity contribution >= 4 is 34.5 Å². The van der Waals surface area contributed by atoms with Crippen molar-refractivity contribution in [2.45, 2.75) is 12.5 Å². The van der Waals surface area contributed by atoms with Gasteiger partial charge in [0.05, 0.1) is 11.5 Å². The molecule has 1 unspecified atom stereocenters. The van der Waals surface area contributed by atoms with Gasteiger partial charge in [-0.05, 0) is 17.0 Å². The van der Waals surface area contributed by atoms with E-state index in [4.69, 9.17) is 18.0 Å². The highest BCUT2D eigenvalue weighted by molar-refractivity contribution is 7.80. The molecule has 3 nitrogen and oxygen atoms in total. The molecule has 1 aromatic carbocycles. The number of carbonyl (C=O) groups excluding carboxylic acids is 1. The fraction of sp³-hybridized carbons (Fsp3) is 0.200. The molecule has 0 aliphatic carbocycles. The van der Waals surface area contributed by atoms with Crippen LogP contribution in [0.3, 0.4) is 0 Å². The summed E-state index contributed by atoms with van der Waals surface area (Å²) in [5.41, 5.74) is 6.60. The van der Waals surface area contributed by atoms with Gasteiger partial charge < -0.3 is 10.6 Å². The van der Waals surface area contributed by atoms with Crippen molar-refractivity contribution in [2.24, 2.45) is 5.73 Å². The van der Waals surface area contributed by atoms with Gasteiger partial charge in [0.1, 0.15) is 5.92 Å². The van der Waals surface area contributed by atoms with Crippen molar-refractivity contribution < 1.29 is 4.79 Å². The second-order valence-corrected chi connectivity index (χ2v) is 6.02. The third-order valence-electron chi connectivity index (χ3n) is 3.01. The normalized spacial score (nSPS) is 11.8. The molecular formula is C15H16N2OS2. The maximum atomic E-state index is 12.6. The van der Waals surface area contributed by atoms with E-state index in [2.05, 4.69) is 0 Å². The first-order chi connectivity index (χ1) is 9.59. The zero-order valence-electron chi connectivity index (χ0n) is 11.2. The van der Waals surface area contributed by atoms with Crippen molar-refractivity contribution in [2.75, 3.05) is 7.05 Å². The maximum absolute atomic E-state index is 12.6. The van der Waals surface area contributed by atoms with Crippen molar-refractivity contribution in [3.63, 3.8) is 0 Å². The van der Waals surface area contributed by atoms with Crippen molar-refractivity contribution in [3.05, 3.63) is 58.3 Å². The summed E-state index contributed by atoms with van der Waals surface area (Å²) in [6.07, 6.45) is 0. The largest absolute Gasteiger partial charge is 0.392 e. The molecule has 2 aromatic rings. The number of nitrogens with zero attached hydrogens (tertiary/aromatic N) is 1. The topological polar surface area (TPSA) is 46.3 Å². The number of nitrogens with two attached hydrogens (primary N) is 1. The van der Waals surface area contributed by atoms with Crippen LogP contribution in [0.25, 0.3) is 0 Å². The molecule has 1 atom stereocenters. The smallest absolute Gasteiger partial charge is 0.237 e. The maximum Gasteiger partial charge on any atom is 0.237 e. The van der Waals surface area contributed by atoms with Crippen LogP contribution in [0, 0.1) is 0 Å². The van der Waals surface area contributed by atoms with E-state index in [0.29, 0.717) is 6.54 Å². The minimum Gasteiger partial charge on any atom is -0.392 e. The second-order valence-electron chi connectivity index (χ2n) is 4.52. The molecule has 5 heteroatoms.